The van der Waals surface area contributed by atoms with Crippen LogP contribution in [0.4, 0.5) is 11.4 Å². The molecule has 0 saturated carbocycles. The minimum atomic E-state index is -0.457. The molecule has 1 aromatic carbocycles. The fourth-order valence-corrected chi connectivity index (χ4v) is 1.82. The van der Waals surface area contributed by atoms with Gasteiger partial charge in [0.1, 0.15) is 5.69 Å². The summed E-state index contributed by atoms with van der Waals surface area (Å²) in [5, 5.41) is 22.9. The third-order valence-electron chi connectivity index (χ3n) is 2.81. The SMILES string of the molecule is CCCC(CC)Nc1ccc(C#N)cc1[N+](=O)[O-]. The molecule has 0 aliphatic carbocycles. The molecule has 5 heteroatoms. The van der Waals surface area contributed by atoms with Crippen LogP contribution in [0.5, 0.6) is 0 Å². The first-order valence-electron chi connectivity index (χ1n) is 6.07. The van der Waals surface area contributed by atoms with Crippen LogP contribution >= 0.6 is 0 Å². The molecule has 1 unspecified atom stereocenters. The van der Waals surface area contributed by atoms with Gasteiger partial charge >= 0.3 is 0 Å². The summed E-state index contributed by atoms with van der Waals surface area (Å²) < 4.78 is 0. The summed E-state index contributed by atoms with van der Waals surface area (Å²) in [4.78, 5) is 10.5. The second-order valence-corrected chi connectivity index (χ2v) is 4.14. The largest absolute Gasteiger partial charge is 0.377 e. The summed E-state index contributed by atoms with van der Waals surface area (Å²) in [6.45, 7) is 4.13. The van der Waals surface area contributed by atoms with Gasteiger partial charge in [-0.2, -0.15) is 5.26 Å². The van der Waals surface area contributed by atoms with Crippen molar-refractivity contribution in [2.24, 2.45) is 0 Å². The molecule has 0 spiro atoms. The van der Waals surface area contributed by atoms with E-state index >= 15 is 0 Å². The Balaban J connectivity index is 3.01. The molecule has 96 valence electrons. The van der Waals surface area contributed by atoms with Gasteiger partial charge in [0, 0.05) is 12.1 Å². The lowest BCUT2D eigenvalue weighted by Crippen LogP contribution is -2.18. The topological polar surface area (TPSA) is 79.0 Å². The number of nitro groups is 1. The van der Waals surface area contributed by atoms with Crippen molar-refractivity contribution in [1.82, 2.24) is 0 Å². The fourth-order valence-electron chi connectivity index (χ4n) is 1.82. The minimum Gasteiger partial charge on any atom is -0.377 e. The molecule has 0 radical (unpaired) electrons. The van der Waals surface area contributed by atoms with Crippen molar-refractivity contribution in [2.45, 2.75) is 39.2 Å². The molecule has 0 heterocycles. The highest BCUT2D eigenvalue weighted by molar-refractivity contribution is 5.64. The first kappa shape index (κ1) is 14.0. The molecule has 0 aliphatic rings. The number of nitro benzene ring substituents is 1. The predicted molar refractivity (Wildman–Crippen MR) is 70.4 cm³/mol. The van der Waals surface area contributed by atoms with Crippen molar-refractivity contribution in [2.75, 3.05) is 5.32 Å². The second kappa shape index (κ2) is 6.60. The summed E-state index contributed by atoms with van der Waals surface area (Å²) in [7, 11) is 0. The number of hydrogen-bond acceptors (Lipinski definition) is 4. The number of hydrogen-bond donors (Lipinski definition) is 1. The Labute approximate surface area is 107 Å². The van der Waals surface area contributed by atoms with Gasteiger partial charge in [0.05, 0.1) is 16.6 Å². The van der Waals surface area contributed by atoms with Crippen LogP contribution in [0.3, 0.4) is 0 Å². The maximum absolute atomic E-state index is 11.0. The Bertz CT molecular complexity index is 466. The zero-order valence-corrected chi connectivity index (χ0v) is 10.6. The highest BCUT2D eigenvalue weighted by Crippen LogP contribution is 2.27. The number of nitrogens with zero attached hydrogens (tertiary/aromatic N) is 2. The summed E-state index contributed by atoms with van der Waals surface area (Å²) in [5.74, 6) is 0. The van der Waals surface area contributed by atoms with Crippen molar-refractivity contribution >= 4 is 11.4 Å². The average Bonchev–Trinajstić information content (AvgIpc) is 2.38. The first-order valence-corrected chi connectivity index (χ1v) is 6.07. The zero-order chi connectivity index (χ0) is 13.5. The van der Waals surface area contributed by atoms with Crippen LogP contribution in [-0.2, 0) is 0 Å². The smallest absolute Gasteiger partial charge is 0.293 e. The molecule has 0 bridgehead atoms. The first-order chi connectivity index (χ1) is 8.62. The number of anilines is 1. The summed E-state index contributed by atoms with van der Waals surface area (Å²) in [6.07, 6.45) is 2.90. The van der Waals surface area contributed by atoms with E-state index in [-0.39, 0.29) is 11.7 Å². The van der Waals surface area contributed by atoms with E-state index in [4.69, 9.17) is 5.26 Å². The van der Waals surface area contributed by atoms with E-state index in [0.29, 0.717) is 11.3 Å². The third-order valence-corrected chi connectivity index (χ3v) is 2.81. The number of nitriles is 1. The molecule has 1 aromatic rings. The van der Waals surface area contributed by atoms with Crippen LogP contribution in [0, 0.1) is 21.4 Å². The quantitative estimate of drug-likeness (QED) is 0.616. The number of nitrogens with one attached hydrogen (secondary N) is 1. The lowest BCUT2D eigenvalue weighted by Gasteiger charge is -2.17. The normalized spacial score (nSPS) is 11.6. The lowest BCUT2D eigenvalue weighted by atomic mass is 10.1. The van der Waals surface area contributed by atoms with Gasteiger partial charge in [-0.1, -0.05) is 20.3 Å². The van der Waals surface area contributed by atoms with Crippen molar-refractivity contribution in [3.8, 4) is 6.07 Å². The number of rotatable bonds is 6. The van der Waals surface area contributed by atoms with Crippen LogP contribution < -0.4 is 5.32 Å². The van der Waals surface area contributed by atoms with E-state index in [1.165, 1.54) is 6.07 Å². The molecule has 5 nitrogen and oxygen atoms in total. The van der Waals surface area contributed by atoms with E-state index in [2.05, 4.69) is 12.2 Å². The van der Waals surface area contributed by atoms with Gasteiger partial charge in [-0.25, -0.2) is 0 Å². The zero-order valence-electron chi connectivity index (χ0n) is 10.6. The molecule has 0 fully saturated rings. The Hall–Kier alpha value is -2.09. The van der Waals surface area contributed by atoms with Crippen LogP contribution in [0.15, 0.2) is 18.2 Å². The van der Waals surface area contributed by atoms with Gasteiger partial charge in [0.2, 0.25) is 0 Å². The van der Waals surface area contributed by atoms with Crippen LogP contribution in [0.25, 0.3) is 0 Å². The fraction of sp³-hybridized carbons (Fsp3) is 0.462. The Morgan fingerprint density at radius 2 is 2.22 bits per heavy atom. The monoisotopic (exact) mass is 247 g/mol. The Morgan fingerprint density at radius 3 is 2.72 bits per heavy atom. The van der Waals surface area contributed by atoms with Crippen LogP contribution in [0.1, 0.15) is 38.7 Å². The Morgan fingerprint density at radius 1 is 1.50 bits per heavy atom. The van der Waals surface area contributed by atoms with Gasteiger partial charge in [-0.05, 0) is 25.0 Å². The molecular formula is C13H17N3O2. The van der Waals surface area contributed by atoms with Crippen molar-refractivity contribution in [3.63, 3.8) is 0 Å². The minimum absolute atomic E-state index is 0.0383. The molecule has 0 aliphatic heterocycles. The standard InChI is InChI=1S/C13H17N3O2/c1-3-5-11(4-2)15-12-7-6-10(9-14)8-13(12)16(17)18/h6-8,11,15H,3-5H2,1-2H3. The third kappa shape index (κ3) is 3.45. The molecule has 1 atom stereocenters. The number of benzene rings is 1. The summed E-state index contributed by atoms with van der Waals surface area (Å²) in [5.41, 5.74) is 0.749. The summed E-state index contributed by atoms with van der Waals surface area (Å²) in [6, 6.07) is 6.64. The Kier molecular flexibility index (Phi) is 5.12. The van der Waals surface area contributed by atoms with Crippen LogP contribution in [0.2, 0.25) is 0 Å². The van der Waals surface area contributed by atoms with Gasteiger partial charge in [0.15, 0.2) is 0 Å². The maximum atomic E-state index is 11.0. The van der Waals surface area contributed by atoms with E-state index < -0.39 is 4.92 Å². The molecule has 0 aromatic heterocycles. The van der Waals surface area contributed by atoms with Crippen molar-refractivity contribution in [3.05, 3.63) is 33.9 Å². The molecule has 18 heavy (non-hydrogen) atoms. The van der Waals surface area contributed by atoms with E-state index in [1.54, 1.807) is 12.1 Å². The van der Waals surface area contributed by atoms with Gasteiger partial charge < -0.3 is 5.32 Å². The summed E-state index contributed by atoms with van der Waals surface area (Å²) >= 11 is 0. The van der Waals surface area contributed by atoms with E-state index in [0.717, 1.165) is 19.3 Å². The van der Waals surface area contributed by atoms with Gasteiger partial charge in [-0.3, -0.25) is 10.1 Å². The van der Waals surface area contributed by atoms with Gasteiger partial charge in [-0.15, -0.1) is 0 Å². The van der Waals surface area contributed by atoms with E-state index in [1.807, 2.05) is 13.0 Å². The molecule has 1 rings (SSSR count). The molecule has 0 saturated heterocycles. The van der Waals surface area contributed by atoms with Crippen LogP contribution in [-0.4, -0.2) is 11.0 Å². The highest BCUT2D eigenvalue weighted by atomic mass is 16.6. The van der Waals surface area contributed by atoms with Crippen molar-refractivity contribution < 1.29 is 4.92 Å². The van der Waals surface area contributed by atoms with Gasteiger partial charge in [0.25, 0.3) is 5.69 Å². The maximum Gasteiger partial charge on any atom is 0.293 e. The molecular weight excluding hydrogens is 230 g/mol. The average molecular weight is 247 g/mol. The molecule has 0 amide bonds. The molecule has 1 N–H and O–H groups in total. The predicted octanol–water partition coefficient (Wildman–Crippen LogP) is 3.46. The van der Waals surface area contributed by atoms with E-state index in [9.17, 15) is 10.1 Å². The second-order valence-electron chi connectivity index (χ2n) is 4.14. The highest BCUT2D eigenvalue weighted by Gasteiger charge is 2.16. The lowest BCUT2D eigenvalue weighted by molar-refractivity contribution is -0.384. The van der Waals surface area contributed by atoms with Crippen molar-refractivity contribution in [1.29, 1.82) is 5.26 Å².